The Morgan fingerprint density at radius 3 is 1.36 bits per heavy atom. The molecule has 6 heteroatoms. The van der Waals surface area contributed by atoms with Crippen LogP contribution in [0.25, 0.3) is 0 Å². The summed E-state index contributed by atoms with van der Waals surface area (Å²) in [5.74, 6) is 3.43. The van der Waals surface area contributed by atoms with Crippen LogP contribution in [0.5, 0.6) is 23.0 Å². The monoisotopic (exact) mass is 386 g/mol. The van der Waals surface area contributed by atoms with Gasteiger partial charge in [0.05, 0.1) is 53.9 Å². The average Bonchev–Trinajstić information content (AvgIpc) is 3.35. The molecule has 2 aromatic rings. The molecule has 28 heavy (non-hydrogen) atoms. The van der Waals surface area contributed by atoms with Crippen molar-refractivity contribution in [1.29, 1.82) is 0 Å². The SMILES string of the molecule is COc1ccc([C@H]2OC[C@@H]3[C@H]2CO[C@@H]3c2ccc(OC)c(OC)c2)cc1OC. The first-order valence-electron chi connectivity index (χ1n) is 9.37. The Hall–Kier alpha value is -2.44. The van der Waals surface area contributed by atoms with E-state index in [4.69, 9.17) is 28.4 Å². The van der Waals surface area contributed by atoms with Gasteiger partial charge in [0.2, 0.25) is 0 Å². The molecule has 2 aliphatic heterocycles. The highest BCUT2D eigenvalue weighted by Gasteiger charge is 2.48. The molecule has 0 N–H and O–H groups in total. The fourth-order valence-electron chi connectivity index (χ4n) is 4.29. The normalized spacial score (nSPS) is 26.0. The van der Waals surface area contributed by atoms with Gasteiger partial charge in [0.15, 0.2) is 23.0 Å². The predicted octanol–water partition coefficient (Wildman–Crippen LogP) is 3.80. The first kappa shape index (κ1) is 18.9. The fourth-order valence-corrected chi connectivity index (χ4v) is 4.29. The third-order valence-corrected chi connectivity index (χ3v) is 5.74. The number of methoxy groups -OCH3 is 4. The van der Waals surface area contributed by atoms with Crippen LogP contribution >= 0.6 is 0 Å². The van der Waals surface area contributed by atoms with Gasteiger partial charge in [0.25, 0.3) is 0 Å². The number of hydrogen-bond acceptors (Lipinski definition) is 6. The van der Waals surface area contributed by atoms with Crippen molar-refractivity contribution in [2.75, 3.05) is 41.7 Å². The van der Waals surface area contributed by atoms with E-state index in [9.17, 15) is 0 Å². The van der Waals surface area contributed by atoms with Crippen molar-refractivity contribution >= 4 is 0 Å². The van der Waals surface area contributed by atoms with E-state index < -0.39 is 0 Å². The number of fused-ring (bicyclic) bond motifs is 1. The summed E-state index contributed by atoms with van der Waals surface area (Å²) in [6.45, 7) is 1.31. The lowest BCUT2D eigenvalue weighted by atomic mass is 9.85. The summed E-state index contributed by atoms with van der Waals surface area (Å²) >= 11 is 0. The molecule has 0 bridgehead atoms. The van der Waals surface area contributed by atoms with Crippen LogP contribution in [0.2, 0.25) is 0 Å². The maximum absolute atomic E-state index is 6.20. The molecule has 2 aromatic carbocycles. The maximum Gasteiger partial charge on any atom is 0.161 e. The molecule has 4 rings (SSSR count). The zero-order valence-corrected chi connectivity index (χ0v) is 16.6. The molecule has 0 spiro atoms. The molecular formula is C22H26O6. The minimum Gasteiger partial charge on any atom is -0.493 e. The van der Waals surface area contributed by atoms with E-state index in [1.54, 1.807) is 28.4 Å². The van der Waals surface area contributed by atoms with Crippen molar-refractivity contribution in [1.82, 2.24) is 0 Å². The van der Waals surface area contributed by atoms with Crippen molar-refractivity contribution in [2.45, 2.75) is 12.2 Å². The lowest BCUT2D eigenvalue weighted by Crippen LogP contribution is -2.14. The summed E-state index contributed by atoms with van der Waals surface area (Å²) in [5, 5.41) is 0. The summed E-state index contributed by atoms with van der Waals surface area (Å²) in [4.78, 5) is 0. The highest BCUT2D eigenvalue weighted by Crippen LogP contribution is 2.51. The number of hydrogen-bond donors (Lipinski definition) is 0. The molecule has 2 heterocycles. The highest BCUT2D eigenvalue weighted by molar-refractivity contribution is 5.45. The largest absolute Gasteiger partial charge is 0.493 e. The zero-order chi connectivity index (χ0) is 19.7. The van der Waals surface area contributed by atoms with Gasteiger partial charge in [-0.1, -0.05) is 12.1 Å². The Morgan fingerprint density at radius 2 is 1.00 bits per heavy atom. The van der Waals surface area contributed by atoms with Crippen molar-refractivity contribution in [2.24, 2.45) is 11.8 Å². The highest BCUT2D eigenvalue weighted by atomic mass is 16.5. The van der Waals surface area contributed by atoms with E-state index in [1.165, 1.54) is 0 Å². The Kier molecular flexibility index (Phi) is 5.33. The van der Waals surface area contributed by atoms with Crippen LogP contribution in [0.4, 0.5) is 0 Å². The third-order valence-electron chi connectivity index (χ3n) is 5.74. The van der Waals surface area contributed by atoms with Gasteiger partial charge in [-0.05, 0) is 35.4 Å². The van der Waals surface area contributed by atoms with Crippen LogP contribution in [0, 0.1) is 11.8 Å². The van der Waals surface area contributed by atoms with E-state index in [1.807, 2.05) is 36.4 Å². The van der Waals surface area contributed by atoms with E-state index >= 15 is 0 Å². The Balaban J connectivity index is 1.57. The molecule has 2 saturated heterocycles. The Morgan fingerprint density at radius 1 is 0.607 bits per heavy atom. The minimum atomic E-state index is -0.0186. The zero-order valence-electron chi connectivity index (χ0n) is 16.6. The van der Waals surface area contributed by atoms with Crippen LogP contribution in [0.1, 0.15) is 23.3 Å². The lowest BCUT2D eigenvalue weighted by Gasteiger charge is -2.18. The summed E-state index contributed by atoms with van der Waals surface area (Å²) in [7, 11) is 6.56. The van der Waals surface area contributed by atoms with Gasteiger partial charge >= 0.3 is 0 Å². The topological polar surface area (TPSA) is 55.4 Å². The van der Waals surface area contributed by atoms with E-state index in [-0.39, 0.29) is 24.0 Å². The summed E-state index contributed by atoms with van der Waals surface area (Å²) in [5.41, 5.74) is 2.17. The molecule has 0 aromatic heterocycles. The van der Waals surface area contributed by atoms with Gasteiger partial charge in [0, 0.05) is 11.8 Å². The molecule has 2 fully saturated rings. The molecule has 0 radical (unpaired) electrons. The summed E-state index contributed by atoms with van der Waals surface area (Å²) in [6, 6.07) is 11.9. The van der Waals surface area contributed by atoms with Crippen LogP contribution < -0.4 is 18.9 Å². The van der Waals surface area contributed by atoms with Gasteiger partial charge in [-0.2, -0.15) is 0 Å². The first-order chi connectivity index (χ1) is 13.7. The third kappa shape index (κ3) is 3.16. The van der Waals surface area contributed by atoms with Crippen LogP contribution in [-0.2, 0) is 9.47 Å². The van der Waals surface area contributed by atoms with Crippen molar-refractivity contribution in [3.05, 3.63) is 47.5 Å². The summed E-state index contributed by atoms with van der Waals surface area (Å²) in [6.07, 6.45) is -0.0371. The first-order valence-corrected chi connectivity index (χ1v) is 9.37. The van der Waals surface area contributed by atoms with E-state index in [0.717, 1.165) is 11.1 Å². The maximum atomic E-state index is 6.20. The van der Waals surface area contributed by atoms with Crippen molar-refractivity contribution < 1.29 is 28.4 Å². The van der Waals surface area contributed by atoms with Gasteiger partial charge in [-0.15, -0.1) is 0 Å². The molecule has 2 aliphatic rings. The number of benzene rings is 2. The van der Waals surface area contributed by atoms with Gasteiger partial charge in [0.1, 0.15) is 0 Å². The second-order valence-electron chi connectivity index (χ2n) is 7.06. The van der Waals surface area contributed by atoms with Gasteiger partial charge in [-0.25, -0.2) is 0 Å². The van der Waals surface area contributed by atoms with Crippen LogP contribution in [-0.4, -0.2) is 41.7 Å². The second-order valence-corrected chi connectivity index (χ2v) is 7.06. The minimum absolute atomic E-state index is 0.0186. The molecule has 150 valence electrons. The average molecular weight is 386 g/mol. The Labute approximate surface area is 165 Å². The van der Waals surface area contributed by atoms with E-state index in [0.29, 0.717) is 36.2 Å². The standard InChI is InChI=1S/C22H26O6/c1-23-17-7-5-13(9-19(17)25-3)21-15-11-28-22(16(15)12-27-21)14-6-8-18(24-2)20(10-14)26-4/h5-10,15-16,21-22H,11-12H2,1-4H3/t15-,16-,21-,22-/m1/s1. The molecule has 0 saturated carbocycles. The molecular weight excluding hydrogens is 360 g/mol. The van der Waals surface area contributed by atoms with E-state index in [2.05, 4.69) is 0 Å². The van der Waals surface area contributed by atoms with Gasteiger partial charge in [-0.3, -0.25) is 0 Å². The number of rotatable bonds is 6. The molecule has 0 amide bonds. The smallest absolute Gasteiger partial charge is 0.161 e. The molecule has 4 atom stereocenters. The molecule has 0 aliphatic carbocycles. The second kappa shape index (κ2) is 7.89. The van der Waals surface area contributed by atoms with Crippen LogP contribution in [0.15, 0.2) is 36.4 Å². The van der Waals surface area contributed by atoms with Gasteiger partial charge < -0.3 is 28.4 Å². The Bertz CT molecular complexity index is 766. The quantitative estimate of drug-likeness (QED) is 0.753. The lowest BCUT2D eigenvalue weighted by molar-refractivity contribution is 0.0191. The molecule has 0 unspecified atom stereocenters. The predicted molar refractivity (Wildman–Crippen MR) is 103 cm³/mol. The van der Waals surface area contributed by atoms with Crippen molar-refractivity contribution in [3.8, 4) is 23.0 Å². The summed E-state index contributed by atoms with van der Waals surface area (Å²) < 4.78 is 34.0. The van der Waals surface area contributed by atoms with Crippen LogP contribution in [0.3, 0.4) is 0 Å². The number of ether oxygens (including phenoxy) is 6. The van der Waals surface area contributed by atoms with Crippen molar-refractivity contribution in [3.63, 3.8) is 0 Å². The molecule has 6 nitrogen and oxygen atoms in total. The fraction of sp³-hybridized carbons (Fsp3) is 0.455.